The van der Waals surface area contributed by atoms with Gasteiger partial charge in [-0.1, -0.05) is 30.3 Å². The molecule has 1 aromatic carbocycles. The number of ether oxygens (including phenoxy) is 1. The van der Waals surface area contributed by atoms with Crippen LogP contribution in [0.2, 0.25) is 0 Å². The van der Waals surface area contributed by atoms with E-state index in [9.17, 15) is 0 Å². The summed E-state index contributed by atoms with van der Waals surface area (Å²) in [5.41, 5.74) is 1.34. The Labute approximate surface area is 66.3 Å². The van der Waals surface area contributed by atoms with Gasteiger partial charge in [-0.15, -0.1) is 0 Å². The topological polar surface area (TPSA) is 12.5 Å². The van der Waals surface area contributed by atoms with E-state index in [2.05, 4.69) is 30.3 Å². The van der Waals surface area contributed by atoms with E-state index in [4.69, 9.17) is 4.74 Å². The lowest BCUT2D eigenvalue weighted by molar-refractivity contribution is 0.509. The zero-order valence-electron chi connectivity index (χ0n) is 6.29. The van der Waals surface area contributed by atoms with Gasteiger partial charge < -0.3 is 4.74 Å². The highest BCUT2D eigenvalue weighted by atomic mass is 16.6. The largest absolute Gasteiger partial charge is 0.487 e. The van der Waals surface area contributed by atoms with Crippen LogP contribution in [-0.4, -0.2) is 6.61 Å². The summed E-state index contributed by atoms with van der Waals surface area (Å²) < 4.78 is 4.99. The molecule has 0 saturated carbocycles. The fourth-order valence-electron chi connectivity index (χ4n) is 1.01. The van der Waals surface area contributed by atoms with Crippen LogP contribution in [0.15, 0.2) is 42.2 Å². The molecule has 0 N–H and O–H groups in total. The lowest BCUT2D eigenvalue weighted by Gasteiger charge is -1.91. The maximum atomic E-state index is 4.99. The van der Waals surface area contributed by atoms with Crippen molar-refractivity contribution in [2.75, 3.05) is 6.61 Å². The molecule has 0 spiro atoms. The van der Waals surface area contributed by atoms with Crippen molar-refractivity contribution in [1.82, 2.24) is 0 Å². The Balaban J connectivity index is 2.01. The summed E-state index contributed by atoms with van der Waals surface area (Å²) in [5.74, 6) is 1.13. The summed E-state index contributed by atoms with van der Waals surface area (Å²) in [6.45, 7) is 0.840. The van der Waals surface area contributed by atoms with Gasteiger partial charge in [-0.05, 0) is 18.1 Å². The quantitative estimate of drug-likeness (QED) is 0.582. The van der Waals surface area contributed by atoms with Gasteiger partial charge in [0.15, 0.2) is 0 Å². The summed E-state index contributed by atoms with van der Waals surface area (Å²) in [5, 5.41) is 0. The minimum absolute atomic E-state index is 0.840. The molecular weight excluding hydrogens is 136 g/mol. The molecule has 0 aliphatic carbocycles. The molecule has 1 nitrogen and oxygen atoms in total. The van der Waals surface area contributed by atoms with Gasteiger partial charge >= 0.3 is 0 Å². The Morgan fingerprint density at radius 2 is 2.00 bits per heavy atom. The van der Waals surface area contributed by atoms with E-state index in [1.807, 2.05) is 6.07 Å². The highest BCUT2D eigenvalue weighted by Crippen LogP contribution is 2.14. The highest BCUT2D eigenvalue weighted by Gasteiger charge is 2.10. The Morgan fingerprint density at radius 3 is 2.64 bits per heavy atom. The van der Waals surface area contributed by atoms with Gasteiger partial charge in [0.2, 0.25) is 0 Å². The molecule has 1 heterocycles. The van der Waals surface area contributed by atoms with Crippen molar-refractivity contribution >= 4 is 0 Å². The van der Waals surface area contributed by atoms with Gasteiger partial charge in [0.25, 0.3) is 0 Å². The van der Waals surface area contributed by atoms with Crippen LogP contribution >= 0.6 is 0 Å². The smallest absolute Gasteiger partial charge is 0.145 e. The van der Waals surface area contributed by atoms with Crippen molar-refractivity contribution in [2.24, 2.45) is 0 Å². The molecule has 2 rings (SSSR count). The molecule has 1 fully saturated rings. The summed E-state index contributed by atoms with van der Waals surface area (Å²) in [6, 6.07) is 10.4. The Kier molecular flexibility index (Phi) is 1.64. The number of hydrogen-bond donors (Lipinski definition) is 0. The average Bonchev–Trinajstić information content (AvgIpc) is 2.86. The van der Waals surface area contributed by atoms with Crippen LogP contribution in [0, 0.1) is 0 Å². The maximum absolute atomic E-state index is 4.99. The van der Waals surface area contributed by atoms with Crippen LogP contribution in [0.25, 0.3) is 0 Å². The molecule has 0 amide bonds. The molecule has 1 aliphatic rings. The first-order valence-corrected chi connectivity index (χ1v) is 3.81. The number of allylic oxidation sites excluding steroid dienone is 1. The van der Waals surface area contributed by atoms with Crippen LogP contribution in [-0.2, 0) is 11.2 Å². The summed E-state index contributed by atoms with van der Waals surface area (Å²) >= 11 is 0. The Hall–Kier alpha value is -1.24. The molecule has 11 heavy (non-hydrogen) atoms. The van der Waals surface area contributed by atoms with Crippen LogP contribution in [0.5, 0.6) is 0 Å². The number of rotatable bonds is 2. The molecule has 0 unspecified atom stereocenters. The van der Waals surface area contributed by atoms with Crippen LogP contribution in [0.4, 0.5) is 0 Å². The third kappa shape index (κ3) is 1.84. The molecule has 0 atom stereocenters. The van der Waals surface area contributed by atoms with Crippen molar-refractivity contribution in [3.63, 3.8) is 0 Å². The lowest BCUT2D eigenvalue weighted by atomic mass is 10.1. The van der Waals surface area contributed by atoms with Crippen molar-refractivity contribution in [3.05, 3.63) is 47.7 Å². The SMILES string of the molecule is C(Cc1ccccc1)=C1CO1. The maximum Gasteiger partial charge on any atom is 0.145 e. The molecule has 56 valence electrons. The molecule has 1 aromatic rings. The number of benzene rings is 1. The first-order chi connectivity index (χ1) is 5.45. The van der Waals surface area contributed by atoms with Crippen LogP contribution in [0.1, 0.15) is 5.56 Å². The minimum Gasteiger partial charge on any atom is -0.487 e. The van der Waals surface area contributed by atoms with Gasteiger partial charge in [-0.3, -0.25) is 0 Å². The molecule has 1 aliphatic heterocycles. The molecular formula is C10H10O. The minimum atomic E-state index is 0.840. The second-order valence-electron chi connectivity index (χ2n) is 2.65. The van der Waals surface area contributed by atoms with E-state index in [1.54, 1.807) is 0 Å². The van der Waals surface area contributed by atoms with E-state index < -0.39 is 0 Å². The Morgan fingerprint density at radius 1 is 1.27 bits per heavy atom. The van der Waals surface area contributed by atoms with E-state index >= 15 is 0 Å². The normalized spacial score (nSPS) is 18.0. The fourth-order valence-corrected chi connectivity index (χ4v) is 1.01. The van der Waals surface area contributed by atoms with Crippen molar-refractivity contribution in [1.29, 1.82) is 0 Å². The monoisotopic (exact) mass is 146 g/mol. The third-order valence-corrected chi connectivity index (χ3v) is 1.72. The second-order valence-corrected chi connectivity index (χ2v) is 2.65. The standard InChI is InChI=1S/C10H10O/c1-2-4-9(5-3-1)6-7-10-8-11-10/h1-5,7H,6,8H2. The van der Waals surface area contributed by atoms with Gasteiger partial charge in [0, 0.05) is 0 Å². The van der Waals surface area contributed by atoms with Gasteiger partial charge in [-0.25, -0.2) is 0 Å². The van der Waals surface area contributed by atoms with Crippen molar-refractivity contribution in [2.45, 2.75) is 6.42 Å². The van der Waals surface area contributed by atoms with Crippen LogP contribution in [0.3, 0.4) is 0 Å². The number of hydrogen-bond acceptors (Lipinski definition) is 1. The van der Waals surface area contributed by atoms with Crippen LogP contribution < -0.4 is 0 Å². The Bertz CT molecular complexity index is 255. The molecule has 0 bridgehead atoms. The summed E-state index contributed by atoms with van der Waals surface area (Å²) in [4.78, 5) is 0. The highest BCUT2D eigenvalue weighted by molar-refractivity contribution is 5.19. The summed E-state index contributed by atoms with van der Waals surface area (Å²) in [6.07, 6.45) is 3.13. The van der Waals surface area contributed by atoms with E-state index in [0.29, 0.717) is 0 Å². The average molecular weight is 146 g/mol. The predicted molar refractivity (Wildman–Crippen MR) is 44.2 cm³/mol. The van der Waals surface area contributed by atoms with Gasteiger partial charge in [0.05, 0.1) is 0 Å². The van der Waals surface area contributed by atoms with Crippen molar-refractivity contribution < 1.29 is 4.74 Å². The van der Waals surface area contributed by atoms with Gasteiger partial charge in [0.1, 0.15) is 12.4 Å². The van der Waals surface area contributed by atoms with Gasteiger partial charge in [-0.2, -0.15) is 0 Å². The molecule has 1 heteroatoms. The van der Waals surface area contributed by atoms with E-state index in [1.165, 1.54) is 5.56 Å². The zero-order valence-corrected chi connectivity index (χ0v) is 6.29. The predicted octanol–water partition coefficient (Wildman–Crippen LogP) is 2.14. The molecule has 1 saturated heterocycles. The van der Waals surface area contributed by atoms with E-state index in [0.717, 1.165) is 18.8 Å². The third-order valence-electron chi connectivity index (χ3n) is 1.72. The first-order valence-electron chi connectivity index (χ1n) is 3.81. The second kappa shape index (κ2) is 2.79. The lowest BCUT2D eigenvalue weighted by Crippen LogP contribution is -1.77. The molecule has 0 aromatic heterocycles. The zero-order chi connectivity index (χ0) is 7.52. The number of epoxide rings is 1. The van der Waals surface area contributed by atoms with E-state index in [-0.39, 0.29) is 0 Å². The van der Waals surface area contributed by atoms with Crippen molar-refractivity contribution in [3.8, 4) is 0 Å². The fraction of sp³-hybridized carbons (Fsp3) is 0.200. The first kappa shape index (κ1) is 6.47. The summed E-state index contributed by atoms with van der Waals surface area (Å²) in [7, 11) is 0. The molecule has 0 radical (unpaired) electrons.